The number of benzene rings is 1. The molecule has 2 aromatic heterocycles. The van der Waals surface area contributed by atoms with E-state index in [1.165, 1.54) is 16.5 Å². The summed E-state index contributed by atoms with van der Waals surface area (Å²) in [4.78, 5) is 9.61. The summed E-state index contributed by atoms with van der Waals surface area (Å²) in [5.74, 6) is 0.954. The first-order valence-electron chi connectivity index (χ1n) is 6.66. The van der Waals surface area contributed by atoms with Gasteiger partial charge < -0.3 is 15.2 Å². The van der Waals surface area contributed by atoms with E-state index in [1.807, 2.05) is 37.5 Å². The fourth-order valence-electron chi connectivity index (χ4n) is 2.30. The van der Waals surface area contributed by atoms with Crippen LogP contribution in [0.25, 0.3) is 10.9 Å². The van der Waals surface area contributed by atoms with E-state index in [4.69, 9.17) is 0 Å². The molecule has 0 amide bonds. The van der Waals surface area contributed by atoms with Crippen LogP contribution >= 0.6 is 0 Å². The average molecular weight is 266 g/mol. The molecule has 2 heterocycles. The van der Waals surface area contributed by atoms with Gasteiger partial charge >= 0.3 is 0 Å². The lowest BCUT2D eigenvalue weighted by atomic mass is 10.1. The molecule has 4 nitrogen and oxygen atoms in total. The zero-order valence-corrected chi connectivity index (χ0v) is 11.7. The number of nitrogens with zero attached hydrogens (tertiary/aromatic N) is 2. The predicted octanol–water partition coefficient (Wildman–Crippen LogP) is 3.24. The van der Waals surface area contributed by atoms with Gasteiger partial charge in [0.05, 0.1) is 5.69 Å². The Hall–Kier alpha value is -2.49. The second-order valence-electron chi connectivity index (χ2n) is 5.02. The van der Waals surface area contributed by atoms with Gasteiger partial charge in [0.15, 0.2) is 5.82 Å². The van der Waals surface area contributed by atoms with Crippen molar-refractivity contribution in [2.45, 2.75) is 6.54 Å². The molecule has 0 radical (unpaired) electrons. The number of aromatic amines is 1. The highest BCUT2D eigenvalue weighted by molar-refractivity contribution is 5.80. The molecule has 1 aromatic carbocycles. The third kappa shape index (κ3) is 2.45. The standard InChI is InChI=1S/C16H18N4/c1-20(2)16-15(4-3-8-18-16)19-11-12-5-6-14-13(10-12)7-9-17-14/h3-10,17,19H,11H2,1-2H3. The SMILES string of the molecule is CN(C)c1ncccc1NCc1ccc2[nH]ccc2c1. The number of pyridine rings is 1. The minimum absolute atomic E-state index is 0.785. The van der Waals surface area contributed by atoms with E-state index in [2.05, 4.69) is 45.6 Å². The Kier molecular flexibility index (Phi) is 3.29. The van der Waals surface area contributed by atoms with E-state index in [0.717, 1.165) is 18.1 Å². The maximum atomic E-state index is 4.39. The molecule has 0 aliphatic rings. The summed E-state index contributed by atoms with van der Waals surface area (Å²) in [5, 5.41) is 4.69. The highest BCUT2D eigenvalue weighted by Gasteiger charge is 2.05. The van der Waals surface area contributed by atoms with E-state index >= 15 is 0 Å². The van der Waals surface area contributed by atoms with Crippen molar-refractivity contribution in [2.24, 2.45) is 0 Å². The number of anilines is 2. The van der Waals surface area contributed by atoms with Crippen LogP contribution in [-0.2, 0) is 6.54 Å². The molecular formula is C16H18N4. The molecule has 2 N–H and O–H groups in total. The topological polar surface area (TPSA) is 44.0 Å². The number of hydrogen-bond acceptors (Lipinski definition) is 3. The number of H-pyrrole nitrogens is 1. The lowest BCUT2D eigenvalue weighted by molar-refractivity contribution is 1.05. The maximum Gasteiger partial charge on any atom is 0.151 e. The minimum Gasteiger partial charge on any atom is -0.378 e. The number of aromatic nitrogens is 2. The van der Waals surface area contributed by atoms with Crippen LogP contribution in [0.4, 0.5) is 11.5 Å². The van der Waals surface area contributed by atoms with E-state index in [1.54, 1.807) is 0 Å². The molecule has 0 saturated carbocycles. The molecule has 20 heavy (non-hydrogen) atoms. The minimum atomic E-state index is 0.785. The average Bonchev–Trinajstić information content (AvgIpc) is 2.92. The Morgan fingerprint density at radius 2 is 2.10 bits per heavy atom. The predicted molar refractivity (Wildman–Crippen MR) is 84.2 cm³/mol. The summed E-state index contributed by atoms with van der Waals surface area (Å²) in [6.45, 7) is 0.785. The highest BCUT2D eigenvalue weighted by Crippen LogP contribution is 2.22. The van der Waals surface area contributed by atoms with Crippen LogP contribution in [0, 0.1) is 0 Å². The van der Waals surface area contributed by atoms with E-state index < -0.39 is 0 Å². The first-order valence-corrected chi connectivity index (χ1v) is 6.66. The van der Waals surface area contributed by atoms with Gasteiger partial charge in [-0.05, 0) is 41.3 Å². The third-order valence-electron chi connectivity index (χ3n) is 3.31. The van der Waals surface area contributed by atoms with Crippen LogP contribution in [0.3, 0.4) is 0 Å². The Labute approximate surface area is 118 Å². The smallest absolute Gasteiger partial charge is 0.151 e. The van der Waals surface area contributed by atoms with E-state index in [-0.39, 0.29) is 0 Å². The van der Waals surface area contributed by atoms with E-state index in [9.17, 15) is 0 Å². The summed E-state index contributed by atoms with van der Waals surface area (Å²) >= 11 is 0. The number of rotatable bonds is 4. The fourth-order valence-corrected chi connectivity index (χ4v) is 2.30. The number of nitrogens with one attached hydrogen (secondary N) is 2. The second-order valence-corrected chi connectivity index (χ2v) is 5.02. The molecule has 0 saturated heterocycles. The second kappa shape index (κ2) is 5.25. The summed E-state index contributed by atoms with van der Waals surface area (Å²) in [7, 11) is 4.00. The molecule has 0 fully saturated rings. The fraction of sp³-hybridized carbons (Fsp3) is 0.188. The van der Waals surface area contributed by atoms with Gasteiger partial charge in [-0.25, -0.2) is 4.98 Å². The third-order valence-corrected chi connectivity index (χ3v) is 3.31. The van der Waals surface area contributed by atoms with Gasteiger partial charge in [0.2, 0.25) is 0 Å². The van der Waals surface area contributed by atoms with Crippen LogP contribution in [-0.4, -0.2) is 24.1 Å². The lowest BCUT2D eigenvalue weighted by Gasteiger charge is -2.16. The summed E-state index contributed by atoms with van der Waals surface area (Å²) in [5.41, 5.74) is 3.47. The molecule has 0 bridgehead atoms. The molecule has 3 aromatic rings. The number of hydrogen-bond donors (Lipinski definition) is 2. The van der Waals surface area contributed by atoms with Gasteiger partial charge in [0, 0.05) is 38.6 Å². The quantitative estimate of drug-likeness (QED) is 0.762. The molecule has 4 heteroatoms. The zero-order valence-electron chi connectivity index (χ0n) is 11.7. The monoisotopic (exact) mass is 266 g/mol. The van der Waals surface area contributed by atoms with Gasteiger partial charge in [-0.3, -0.25) is 0 Å². The largest absolute Gasteiger partial charge is 0.378 e. The molecule has 0 unspecified atom stereocenters. The van der Waals surface area contributed by atoms with Crippen molar-refractivity contribution >= 4 is 22.4 Å². The molecule has 0 aliphatic heterocycles. The van der Waals surface area contributed by atoms with Crippen LogP contribution < -0.4 is 10.2 Å². The maximum absolute atomic E-state index is 4.39. The highest BCUT2D eigenvalue weighted by atomic mass is 15.2. The zero-order chi connectivity index (χ0) is 13.9. The van der Waals surface area contributed by atoms with Crippen molar-refractivity contribution in [3.05, 3.63) is 54.4 Å². The Morgan fingerprint density at radius 1 is 1.20 bits per heavy atom. The van der Waals surface area contributed by atoms with Crippen molar-refractivity contribution in [3.8, 4) is 0 Å². The van der Waals surface area contributed by atoms with Crippen LogP contribution in [0.15, 0.2) is 48.8 Å². The molecule has 102 valence electrons. The van der Waals surface area contributed by atoms with Gasteiger partial charge in [0.25, 0.3) is 0 Å². The molecule has 0 aliphatic carbocycles. The van der Waals surface area contributed by atoms with Gasteiger partial charge in [0.1, 0.15) is 0 Å². The van der Waals surface area contributed by atoms with Gasteiger partial charge in [-0.1, -0.05) is 6.07 Å². The van der Waals surface area contributed by atoms with Crippen LogP contribution in [0.1, 0.15) is 5.56 Å². The molecule has 0 spiro atoms. The Bertz CT molecular complexity index is 715. The van der Waals surface area contributed by atoms with Crippen molar-refractivity contribution in [1.82, 2.24) is 9.97 Å². The van der Waals surface area contributed by atoms with Crippen molar-refractivity contribution < 1.29 is 0 Å². The number of fused-ring (bicyclic) bond motifs is 1. The van der Waals surface area contributed by atoms with Gasteiger partial charge in [-0.2, -0.15) is 0 Å². The molecule has 0 atom stereocenters. The Balaban J connectivity index is 1.79. The normalized spacial score (nSPS) is 10.7. The van der Waals surface area contributed by atoms with E-state index in [0.29, 0.717) is 0 Å². The first-order chi connectivity index (χ1) is 9.74. The van der Waals surface area contributed by atoms with Crippen molar-refractivity contribution in [1.29, 1.82) is 0 Å². The molecular weight excluding hydrogens is 248 g/mol. The molecule has 3 rings (SSSR count). The summed E-state index contributed by atoms with van der Waals surface area (Å²) in [6, 6.07) is 12.5. The first kappa shape index (κ1) is 12.5. The van der Waals surface area contributed by atoms with Crippen molar-refractivity contribution in [2.75, 3.05) is 24.3 Å². The lowest BCUT2D eigenvalue weighted by Crippen LogP contribution is -2.13. The Morgan fingerprint density at radius 3 is 2.95 bits per heavy atom. The van der Waals surface area contributed by atoms with Crippen molar-refractivity contribution in [3.63, 3.8) is 0 Å². The summed E-state index contributed by atoms with van der Waals surface area (Å²) < 4.78 is 0. The van der Waals surface area contributed by atoms with Crippen LogP contribution in [0.2, 0.25) is 0 Å². The van der Waals surface area contributed by atoms with Crippen LogP contribution in [0.5, 0.6) is 0 Å². The van der Waals surface area contributed by atoms with Gasteiger partial charge in [-0.15, -0.1) is 0 Å². The summed E-state index contributed by atoms with van der Waals surface area (Å²) in [6.07, 6.45) is 3.78.